The number of fused-ring (bicyclic) bond motifs is 1. The van der Waals surface area contributed by atoms with Crippen molar-refractivity contribution in [3.63, 3.8) is 0 Å². The van der Waals surface area contributed by atoms with Crippen molar-refractivity contribution in [2.45, 2.75) is 13.5 Å². The zero-order chi connectivity index (χ0) is 13.8. The molecule has 0 spiro atoms. The van der Waals surface area contributed by atoms with Crippen molar-refractivity contribution in [1.29, 1.82) is 0 Å². The number of nitrogens with two attached hydrogens (primary N) is 1. The number of rotatable bonds is 5. The first-order valence-electron chi connectivity index (χ1n) is 6.26. The number of H-pyrrole nitrogens is 1. The van der Waals surface area contributed by atoms with Crippen molar-refractivity contribution in [2.75, 3.05) is 13.1 Å². The van der Waals surface area contributed by atoms with E-state index in [9.17, 15) is 9.59 Å². The minimum Gasteiger partial charge on any atom is -0.354 e. The van der Waals surface area contributed by atoms with Crippen LogP contribution >= 0.6 is 0 Å². The van der Waals surface area contributed by atoms with Crippen LogP contribution in [0.3, 0.4) is 0 Å². The van der Waals surface area contributed by atoms with E-state index in [0.717, 1.165) is 11.0 Å². The third-order valence-corrected chi connectivity index (χ3v) is 3.03. The molecule has 0 saturated heterocycles. The van der Waals surface area contributed by atoms with Crippen LogP contribution in [0.5, 0.6) is 0 Å². The quantitative estimate of drug-likeness (QED) is 0.710. The highest BCUT2D eigenvalue weighted by atomic mass is 16.2. The summed E-state index contributed by atoms with van der Waals surface area (Å²) in [6.07, 6.45) is 0. The molecule has 1 atom stereocenters. The molecule has 0 bridgehead atoms. The molecule has 0 aliphatic heterocycles. The molecule has 102 valence electrons. The van der Waals surface area contributed by atoms with E-state index in [4.69, 9.17) is 5.73 Å². The monoisotopic (exact) mass is 262 g/mol. The summed E-state index contributed by atoms with van der Waals surface area (Å²) in [5.41, 5.74) is 6.67. The van der Waals surface area contributed by atoms with E-state index in [1.807, 2.05) is 31.2 Å². The fraction of sp³-hybridized carbons (Fsp3) is 0.385. The number of hydrogen-bond acceptors (Lipinski definition) is 3. The summed E-state index contributed by atoms with van der Waals surface area (Å²) in [7, 11) is 0. The van der Waals surface area contributed by atoms with Crippen molar-refractivity contribution >= 4 is 16.9 Å². The highest BCUT2D eigenvalue weighted by Gasteiger charge is 2.10. The second-order valence-electron chi connectivity index (χ2n) is 4.68. The molecule has 4 N–H and O–H groups in total. The van der Waals surface area contributed by atoms with Crippen LogP contribution in [0.2, 0.25) is 0 Å². The van der Waals surface area contributed by atoms with Gasteiger partial charge in [-0.1, -0.05) is 19.1 Å². The van der Waals surface area contributed by atoms with Gasteiger partial charge < -0.3 is 16.0 Å². The maximum atomic E-state index is 11.8. The largest absolute Gasteiger partial charge is 0.354 e. The summed E-state index contributed by atoms with van der Waals surface area (Å²) in [6, 6.07) is 7.29. The van der Waals surface area contributed by atoms with E-state index in [1.165, 1.54) is 4.57 Å². The molecule has 1 unspecified atom stereocenters. The van der Waals surface area contributed by atoms with E-state index in [-0.39, 0.29) is 24.1 Å². The van der Waals surface area contributed by atoms with Crippen LogP contribution in [0.4, 0.5) is 0 Å². The molecule has 1 heterocycles. The summed E-state index contributed by atoms with van der Waals surface area (Å²) in [4.78, 5) is 26.3. The predicted octanol–water partition coefficient (Wildman–Crippen LogP) is 0.0406. The molecule has 0 aliphatic rings. The summed E-state index contributed by atoms with van der Waals surface area (Å²) in [5, 5.41) is 2.77. The number of carbonyl (C=O) groups excluding carboxylic acids is 1. The lowest BCUT2D eigenvalue weighted by atomic mass is 10.2. The normalized spacial score (nSPS) is 12.5. The molecule has 0 saturated carbocycles. The van der Waals surface area contributed by atoms with E-state index < -0.39 is 0 Å². The number of amides is 1. The molecule has 19 heavy (non-hydrogen) atoms. The van der Waals surface area contributed by atoms with E-state index in [0.29, 0.717) is 13.1 Å². The lowest BCUT2D eigenvalue weighted by molar-refractivity contribution is -0.121. The molecular weight excluding hydrogens is 244 g/mol. The number of hydrogen-bond donors (Lipinski definition) is 3. The summed E-state index contributed by atoms with van der Waals surface area (Å²) in [6.45, 7) is 3.01. The zero-order valence-electron chi connectivity index (χ0n) is 10.8. The summed E-state index contributed by atoms with van der Waals surface area (Å²) >= 11 is 0. The van der Waals surface area contributed by atoms with E-state index in [2.05, 4.69) is 10.3 Å². The number of carbonyl (C=O) groups is 1. The highest BCUT2D eigenvalue weighted by molar-refractivity contribution is 5.80. The second-order valence-corrected chi connectivity index (χ2v) is 4.68. The number of nitrogens with zero attached hydrogens (tertiary/aromatic N) is 1. The number of benzene rings is 1. The summed E-state index contributed by atoms with van der Waals surface area (Å²) in [5.74, 6) is 0.0378. The van der Waals surface area contributed by atoms with Crippen LogP contribution in [-0.4, -0.2) is 28.5 Å². The fourth-order valence-corrected chi connectivity index (χ4v) is 1.83. The van der Waals surface area contributed by atoms with Crippen molar-refractivity contribution in [2.24, 2.45) is 11.7 Å². The molecule has 1 aromatic heterocycles. The van der Waals surface area contributed by atoms with Gasteiger partial charge in [-0.25, -0.2) is 4.79 Å². The van der Waals surface area contributed by atoms with Gasteiger partial charge in [-0.05, 0) is 24.6 Å². The van der Waals surface area contributed by atoms with Crippen LogP contribution in [0.15, 0.2) is 29.1 Å². The third-order valence-electron chi connectivity index (χ3n) is 3.03. The van der Waals surface area contributed by atoms with Crippen LogP contribution in [0.1, 0.15) is 6.92 Å². The van der Waals surface area contributed by atoms with Gasteiger partial charge in [0.1, 0.15) is 6.54 Å². The lowest BCUT2D eigenvalue weighted by Crippen LogP contribution is -2.35. The Morgan fingerprint density at radius 1 is 1.47 bits per heavy atom. The molecule has 6 heteroatoms. The smallest absolute Gasteiger partial charge is 0.326 e. The number of nitrogens with one attached hydrogen (secondary N) is 2. The number of aromatic nitrogens is 2. The van der Waals surface area contributed by atoms with Crippen molar-refractivity contribution < 1.29 is 4.79 Å². The van der Waals surface area contributed by atoms with Gasteiger partial charge in [-0.15, -0.1) is 0 Å². The molecule has 1 amide bonds. The van der Waals surface area contributed by atoms with Gasteiger partial charge in [-0.3, -0.25) is 9.36 Å². The molecule has 0 fully saturated rings. The number of para-hydroxylation sites is 2. The van der Waals surface area contributed by atoms with Gasteiger partial charge in [0, 0.05) is 6.54 Å². The van der Waals surface area contributed by atoms with Crippen molar-refractivity contribution in [3.8, 4) is 0 Å². The first-order chi connectivity index (χ1) is 9.11. The summed E-state index contributed by atoms with van der Waals surface area (Å²) < 4.78 is 1.43. The zero-order valence-corrected chi connectivity index (χ0v) is 10.8. The Bertz CT molecular complexity index is 629. The van der Waals surface area contributed by atoms with Gasteiger partial charge in [0.25, 0.3) is 0 Å². The Balaban J connectivity index is 2.11. The molecular formula is C13H18N4O2. The third kappa shape index (κ3) is 3.03. The van der Waals surface area contributed by atoms with E-state index in [1.54, 1.807) is 0 Å². The second kappa shape index (κ2) is 5.71. The molecule has 0 radical (unpaired) electrons. The van der Waals surface area contributed by atoms with Crippen molar-refractivity contribution in [1.82, 2.24) is 14.9 Å². The average molecular weight is 262 g/mol. The number of imidazole rings is 1. The number of aromatic amines is 1. The minimum atomic E-state index is -0.275. The minimum absolute atomic E-state index is 0.0140. The molecule has 0 aliphatic carbocycles. The molecule has 2 aromatic rings. The van der Waals surface area contributed by atoms with Crippen LogP contribution in [0.25, 0.3) is 11.0 Å². The Labute approximate surface area is 110 Å². The average Bonchev–Trinajstić information content (AvgIpc) is 2.72. The fourth-order valence-electron chi connectivity index (χ4n) is 1.83. The van der Waals surface area contributed by atoms with Crippen LogP contribution < -0.4 is 16.7 Å². The molecule has 2 rings (SSSR count). The standard InChI is InChI=1S/C13H18N4O2/c1-9(6-14)7-15-12(18)8-17-11-5-3-2-4-10(11)16-13(17)19/h2-5,9H,6-8,14H2,1H3,(H,15,18)(H,16,19). The molecule has 6 nitrogen and oxygen atoms in total. The first-order valence-corrected chi connectivity index (χ1v) is 6.26. The van der Waals surface area contributed by atoms with Gasteiger partial charge >= 0.3 is 5.69 Å². The van der Waals surface area contributed by atoms with Gasteiger partial charge in [0.05, 0.1) is 11.0 Å². The maximum Gasteiger partial charge on any atom is 0.326 e. The highest BCUT2D eigenvalue weighted by Crippen LogP contribution is 2.08. The lowest BCUT2D eigenvalue weighted by Gasteiger charge is -2.10. The Hall–Kier alpha value is -2.08. The SMILES string of the molecule is CC(CN)CNC(=O)Cn1c(=O)[nH]c2ccccc21. The Morgan fingerprint density at radius 2 is 2.21 bits per heavy atom. The first kappa shape index (κ1) is 13.4. The van der Waals surface area contributed by atoms with Crippen molar-refractivity contribution in [3.05, 3.63) is 34.7 Å². The van der Waals surface area contributed by atoms with Gasteiger partial charge in [0.2, 0.25) is 5.91 Å². The van der Waals surface area contributed by atoms with Crippen LogP contribution in [0, 0.1) is 5.92 Å². The predicted molar refractivity (Wildman–Crippen MR) is 73.8 cm³/mol. The Morgan fingerprint density at radius 3 is 2.95 bits per heavy atom. The Kier molecular flexibility index (Phi) is 4.01. The van der Waals surface area contributed by atoms with Gasteiger partial charge in [0.15, 0.2) is 0 Å². The van der Waals surface area contributed by atoms with Crippen LogP contribution in [-0.2, 0) is 11.3 Å². The van der Waals surface area contributed by atoms with Gasteiger partial charge in [-0.2, -0.15) is 0 Å². The topological polar surface area (TPSA) is 92.9 Å². The maximum absolute atomic E-state index is 11.8. The molecule has 1 aromatic carbocycles. The van der Waals surface area contributed by atoms with E-state index >= 15 is 0 Å².